The minimum Gasteiger partial charge on any atom is -0.489 e. The summed E-state index contributed by atoms with van der Waals surface area (Å²) in [5, 5.41) is 0. The molecule has 0 amide bonds. The van der Waals surface area contributed by atoms with Gasteiger partial charge in [-0.3, -0.25) is 0 Å². The van der Waals surface area contributed by atoms with Gasteiger partial charge >= 0.3 is 0 Å². The van der Waals surface area contributed by atoms with Crippen LogP contribution >= 0.6 is 0 Å². The lowest BCUT2D eigenvalue weighted by Gasteiger charge is -2.15. The van der Waals surface area contributed by atoms with Gasteiger partial charge in [-0.05, 0) is 54.5 Å². The zero-order chi connectivity index (χ0) is 16.2. The molecule has 23 heavy (non-hydrogen) atoms. The molecule has 3 rings (SSSR count). The van der Waals surface area contributed by atoms with E-state index in [1.807, 2.05) is 18.2 Å². The topological polar surface area (TPSA) is 21.8 Å². The maximum Gasteiger partial charge on any atom is 0.120 e. The van der Waals surface area contributed by atoms with Gasteiger partial charge in [0, 0.05) is 0 Å². The first-order valence-corrected chi connectivity index (χ1v) is 8.60. The van der Waals surface area contributed by atoms with Crippen LogP contribution in [0.4, 0.5) is 0 Å². The van der Waals surface area contributed by atoms with E-state index >= 15 is 0 Å². The summed E-state index contributed by atoms with van der Waals surface area (Å²) in [6.07, 6.45) is 3.20. The molecule has 2 aromatic rings. The number of aryl methyl sites for hydroxylation is 1. The fourth-order valence-corrected chi connectivity index (χ4v) is 3.25. The minimum atomic E-state index is 0.461. The van der Waals surface area contributed by atoms with Crippen LogP contribution in [0.25, 0.3) is 0 Å². The lowest BCUT2D eigenvalue weighted by Crippen LogP contribution is -2.03. The molecule has 0 aromatic heterocycles. The van der Waals surface area contributed by atoms with Gasteiger partial charge in [0.15, 0.2) is 0 Å². The van der Waals surface area contributed by atoms with Gasteiger partial charge in [-0.25, -0.2) is 0 Å². The van der Waals surface area contributed by atoms with Crippen molar-refractivity contribution in [2.75, 3.05) is 0 Å². The van der Waals surface area contributed by atoms with Crippen LogP contribution in [-0.4, -0.2) is 12.2 Å². The Hall–Kier alpha value is -1.80. The van der Waals surface area contributed by atoms with Crippen LogP contribution in [0.15, 0.2) is 48.5 Å². The molecule has 0 spiro atoms. The first-order chi connectivity index (χ1) is 11.2. The van der Waals surface area contributed by atoms with Crippen LogP contribution in [0.1, 0.15) is 49.3 Å². The number of epoxide rings is 1. The quantitative estimate of drug-likeness (QED) is 0.652. The van der Waals surface area contributed by atoms with Crippen LogP contribution in [-0.2, 0) is 11.3 Å². The van der Waals surface area contributed by atoms with Gasteiger partial charge in [0.05, 0.1) is 12.2 Å². The second-order valence-electron chi connectivity index (χ2n) is 6.55. The summed E-state index contributed by atoms with van der Waals surface area (Å²) in [5.41, 5.74) is 3.90. The number of hydrogen-bond donors (Lipinski definition) is 0. The Bertz CT molecular complexity index is 636. The molecule has 0 radical (unpaired) electrons. The zero-order valence-corrected chi connectivity index (χ0v) is 14.3. The van der Waals surface area contributed by atoms with E-state index in [0.29, 0.717) is 24.7 Å². The Morgan fingerprint density at radius 3 is 2.52 bits per heavy atom. The first kappa shape index (κ1) is 16.1. The predicted molar refractivity (Wildman–Crippen MR) is 93.9 cm³/mol. The Labute approximate surface area is 139 Å². The fraction of sp³-hybridized carbons (Fsp3) is 0.429. The molecule has 1 heterocycles. The molecule has 2 aromatic carbocycles. The molecule has 0 saturated carbocycles. The van der Waals surface area contributed by atoms with Gasteiger partial charge < -0.3 is 9.47 Å². The molecule has 3 unspecified atom stereocenters. The lowest BCUT2D eigenvalue weighted by atomic mass is 9.91. The van der Waals surface area contributed by atoms with E-state index in [-0.39, 0.29) is 0 Å². The second kappa shape index (κ2) is 7.18. The van der Waals surface area contributed by atoms with Crippen LogP contribution in [0, 0.1) is 6.92 Å². The van der Waals surface area contributed by atoms with Crippen molar-refractivity contribution >= 4 is 0 Å². The molecule has 1 saturated heterocycles. The molecule has 3 atom stereocenters. The van der Waals surface area contributed by atoms with Gasteiger partial charge in [0.25, 0.3) is 0 Å². The SMILES string of the molecule is CCC1OC1CC(C)c1ccc(OCc2ccccc2)cc1C. The third-order valence-corrected chi connectivity index (χ3v) is 4.70. The summed E-state index contributed by atoms with van der Waals surface area (Å²) in [6, 6.07) is 16.7. The molecule has 122 valence electrons. The number of hydrogen-bond acceptors (Lipinski definition) is 2. The Morgan fingerprint density at radius 1 is 1.09 bits per heavy atom. The van der Waals surface area contributed by atoms with Crippen molar-refractivity contribution in [2.45, 2.75) is 58.3 Å². The van der Waals surface area contributed by atoms with E-state index in [1.165, 1.54) is 16.7 Å². The second-order valence-corrected chi connectivity index (χ2v) is 6.55. The summed E-state index contributed by atoms with van der Waals surface area (Å²) < 4.78 is 11.6. The molecule has 1 fully saturated rings. The van der Waals surface area contributed by atoms with Gasteiger partial charge in [-0.2, -0.15) is 0 Å². The van der Waals surface area contributed by atoms with E-state index in [4.69, 9.17) is 9.47 Å². The van der Waals surface area contributed by atoms with E-state index in [2.05, 4.69) is 51.1 Å². The average molecular weight is 310 g/mol. The summed E-state index contributed by atoms with van der Waals surface area (Å²) in [6.45, 7) is 7.27. The van der Waals surface area contributed by atoms with E-state index in [9.17, 15) is 0 Å². The van der Waals surface area contributed by atoms with Gasteiger partial charge in [0.2, 0.25) is 0 Å². The van der Waals surface area contributed by atoms with Crippen molar-refractivity contribution in [3.63, 3.8) is 0 Å². The van der Waals surface area contributed by atoms with Gasteiger partial charge in [0.1, 0.15) is 12.4 Å². The number of benzene rings is 2. The minimum absolute atomic E-state index is 0.461. The first-order valence-electron chi connectivity index (χ1n) is 8.60. The van der Waals surface area contributed by atoms with E-state index < -0.39 is 0 Å². The maximum absolute atomic E-state index is 5.91. The summed E-state index contributed by atoms with van der Waals surface area (Å²) in [5.74, 6) is 1.47. The Kier molecular flexibility index (Phi) is 5.02. The van der Waals surface area contributed by atoms with Gasteiger partial charge in [-0.1, -0.05) is 50.2 Å². The standard InChI is InChI=1S/C21H26O2/c1-4-20-21(23-20)13-16(3)19-11-10-18(12-15(19)2)22-14-17-8-6-5-7-9-17/h5-12,16,20-21H,4,13-14H2,1-3H3. The van der Waals surface area contributed by atoms with Crippen LogP contribution in [0.3, 0.4) is 0 Å². The van der Waals surface area contributed by atoms with Crippen molar-refractivity contribution < 1.29 is 9.47 Å². The van der Waals surface area contributed by atoms with Crippen molar-refractivity contribution in [3.8, 4) is 5.75 Å². The van der Waals surface area contributed by atoms with Crippen molar-refractivity contribution in [1.29, 1.82) is 0 Å². The third kappa shape index (κ3) is 4.14. The molecular weight excluding hydrogens is 284 g/mol. The Balaban J connectivity index is 1.59. The lowest BCUT2D eigenvalue weighted by molar-refractivity contribution is 0.306. The highest BCUT2D eigenvalue weighted by Gasteiger charge is 2.37. The molecule has 1 aliphatic rings. The summed E-state index contributed by atoms with van der Waals surface area (Å²) >= 11 is 0. The van der Waals surface area contributed by atoms with E-state index in [1.54, 1.807) is 0 Å². The molecule has 0 aliphatic carbocycles. The predicted octanol–water partition coefficient (Wildman–Crippen LogP) is 5.25. The molecule has 2 heteroatoms. The van der Waals surface area contributed by atoms with Crippen LogP contribution in [0.5, 0.6) is 5.75 Å². The normalized spacial score (nSPS) is 21.0. The van der Waals surface area contributed by atoms with Crippen molar-refractivity contribution in [3.05, 3.63) is 65.2 Å². The highest BCUT2D eigenvalue weighted by Crippen LogP contribution is 2.35. The van der Waals surface area contributed by atoms with Gasteiger partial charge in [-0.15, -0.1) is 0 Å². The van der Waals surface area contributed by atoms with E-state index in [0.717, 1.165) is 18.6 Å². The fourth-order valence-electron chi connectivity index (χ4n) is 3.25. The van der Waals surface area contributed by atoms with Crippen molar-refractivity contribution in [1.82, 2.24) is 0 Å². The number of rotatable bonds is 7. The highest BCUT2D eigenvalue weighted by atomic mass is 16.6. The highest BCUT2D eigenvalue weighted by molar-refractivity contribution is 5.37. The average Bonchev–Trinajstić information content (AvgIpc) is 3.32. The number of ether oxygens (including phenoxy) is 2. The van der Waals surface area contributed by atoms with Crippen LogP contribution in [0.2, 0.25) is 0 Å². The van der Waals surface area contributed by atoms with Crippen LogP contribution < -0.4 is 4.74 Å². The molecule has 1 aliphatic heterocycles. The monoisotopic (exact) mass is 310 g/mol. The summed E-state index contributed by atoms with van der Waals surface area (Å²) in [7, 11) is 0. The summed E-state index contributed by atoms with van der Waals surface area (Å²) in [4.78, 5) is 0. The molecule has 2 nitrogen and oxygen atoms in total. The largest absolute Gasteiger partial charge is 0.489 e. The molecule has 0 N–H and O–H groups in total. The van der Waals surface area contributed by atoms with Crippen molar-refractivity contribution in [2.24, 2.45) is 0 Å². The zero-order valence-electron chi connectivity index (χ0n) is 14.3. The Morgan fingerprint density at radius 2 is 1.87 bits per heavy atom. The molecular formula is C21H26O2. The molecule has 0 bridgehead atoms. The maximum atomic E-state index is 5.91. The smallest absolute Gasteiger partial charge is 0.120 e. The third-order valence-electron chi connectivity index (χ3n) is 4.70.